The van der Waals surface area contributed by atoms with Gasteiger partial charge in [-0.15, -0.1) is 22.7 Å². The number of hydrogen-bond donors (Lipinski definition) is 0. The Labute approximate surface area is 186 Å². The minimum atomic E-state index is -0.0290. The van der Waals surface area contributed by atoms with Crippen LogP contribution >= 0.6 is 22.7 Å². The van der Waals surface area contributed by atoms with E-state index in [9.17, 15) is 4.79 Å². The van der Waals surface area contributed by atoms with Crippen molar-refractivity contribution >= 4 is 28.6 Å². The Kier molecular flexibility index (Phi) is 6.04. The minimum absolute atomic E-state index is 0.0290. The van der Waals surface area contributed by atoms with E-state index in [0.717, 1.165) is 59.0 Å². The van der Waals surface area contributed by atoms with Crippen LogP contribution < -0.4 is 0 Å². The zero-order valence-electron chi connectivity index (χ0n) is 18.0. The number of thiazole rings is 2. The second-order valence-electron chi connectivity index (χ2n) is 8.76. The van der Waals surface area contributed by atoms with Gasteiger partial charge in [-0.05, 0) is 6.92 Å². The zero-order valence-corrected chi connectivity index (χ0v) is 19.6. The molecule has 0 N–H and O–H groups in total. The van der Waals surface area contributed by atoms with Gasteiger partial charge >= 0.3 is 0 Å². The predicted molar refractivity (Wildman–Crippen MR) is 124 cm³/mol. The van der Waals surface area contributed by atoms with Gasteiger partial charge in [0.2, 0.25) is 0 Å². The van der Waals surface area contributed by atoms with Crippen molar-refractivity contribution in [2.24, 2.45) is 0 Å². The van der Waals surface area contributed by atoms with Gasteiger partial charge in [-0.3, -0.25) is 9.69 Å². The fraction of sp³-hybridized carbons (Fsp3) is 0.435. The molecule has 0 aliphatic carbocycles. The second kappa shape index (κ2) is 8.57. The first kappa shape index (κ1) is 21.2. The molecule has 5 nitrogen and oxygen atoms in total. The van der Waals surface area contributed by atoms with Crippen molar-refractivity contribution in [2.75, 3.05) is 26.2 Å². The summed E-state index contributed by atoms with van der Waals surface area (Å²) in [6.45, 7) is 12.4. The smallest absolute Gasteiger partial charge is 0.265 e. The van der Waals surface area contributed by atoms with Crippen LogP contribution in [-0.2, 0) is 12.0 Å². The Morgan fingerprint density at radius 3 is 2.40 bits per heavy atom. The highest BCUT2D eigenvalue weighted by Gasteiger charge is 2.28. The van der Waals surface area contributed by atoms with Crippen LogP contribution in [-0.4, -0.2) is 51.9 Å². The van der Waals surface area contributed by atoms with E-state index in [2.05, 4.69) is 48.2 Å². The monoisotopic (exact) mass is 440 g/mol. The van der Waals surface area contributed by atoms with Gasteiger partial charge < -0.3 is 4.90 Å². The molecule has 1 aliphatic rings. The molecule has 3 aromatic rings. The van der Waals surface area contributed by atoms with E-state index in [4.69, 9.17) is 4.98 Å². The van der Waals surface area contributed by atoms with Crippen molar-refractivity contribution in [1.29, 1.82) is 0 Å². The molecule has 4 rings (SSSR count). The lowest BCUT2D eigenvalue weighted by Gasteiger charge is -2.34. The minimum Gasteiger partial charge on any atom is -0.335 e. The summed E-state index contributed by atoms with van der Waals surface area (Å²) >= 11 is 3.24. The van der Waals surface area contributed by atoms with E-state index in [1.807, 2.05) is 30.0 Å². The summed E-state index contributed by atoms with van der Waals surface area (Å²) in [5, 5.41) is 4.24. The number of piperazine rings is 1. The lowest BCUT2D eigenvalue weighted by Crippen LogP contribution is -2.48. The Balaban J connectivity index is 1.35. The quantitative estimate of drug-likeness (QED) is 0.583. The van der Waals surface area contributed by atoms with Crippen molar-refractivity contribution in [3.8, 4) is 10.6 Å². The first-order valence-electron chi connectivity index (χ1n) is 10.3. The second-order valence-corrected chi connectivity index (χ2v) is 10.6. The summed E-state index contributed by atoms with van der Waals surface area (Å²) in [6, 6.07) is 10.3. The van der Waals surface area contributed by atoms with Crippen LogP contribution in [0.5, 0.6) is 0 Å². The predicted octanol–water partition coefficient (Wildman–Crippen LogP) is 4.83. The number of nitrogens with zero attached hydrogens (tertiary/aromatic N) is 4. The molecule has 30 heavy (non-hydrogen) atoms. The van der Waals surface area contributed by atoms with Gasteiger partial charge in [-0.25, -0.2) is 9.97 Å². The lowest BCUT2D eigenvalue weighted by atomic mass is 9.98. The number of benzene rings is 1. The molecule has 1 amide bonds. The summed E-state index contributed by atoms with van der Waals surface area (Å²) in [7, 11) is 0. The number of rotatable bonds is 4. The number of aryl methyl sites for hydroxylation is 1. The van der Waals surface area contributed by atoms with E-state index in [1.54, 1.807) is 22.7 Å². The third kappa shape index (κ3) is 4.63. The average Bonchev–Trinajstić information content (AvgIpc) is 3.35. The number of amides is 1. The summed E-state index contributed by atoms with van der Waals surface area (Å²) in [6.07, 6.45) is 0. The van der Waals surface area contributed by atoms with Crippen LogP contribution in [0.4, 0.5) is 0 Å². The van der Waals surface area contributed by atoms with E-state index in [1.165, 1.54) is 5.56 Å². The van der Waals surface area contributed by atoms with Gasteiger partial charge in [0.15, 0.2) is 0 Å². The first-order chi connectivity index (χ1) is 14.3. The molecule has 158 valence electrons. The first-order valence-corrected chi connectivity index (χ1v) is 12.0. The largest absolute Gasteiger partial charge is 0.335 e. The third-order valence-corrected chi connectivity index (χ3v) is 7.76. The van der Waals surface area contributed by atoms with Crippen molar-refractivity contribution in [1.82, 2.24) is 19.8 Å². The van der Waals surface area contributed by atoms with Crippen molar-refractivity contribution in [3.05, 3.63) is 57.0 Å². The molecule has 0 spiro atoms. The van der Waals surface area contributed by atoms with Crippen LogP contribution in [0.15, 0.2) is 35.7 Å². The zero-order chi connectivity index (χ0) is 21.3. The van der Waals surface area contributed by atoms with Gasteiger partial charge in [0.25, 0.3) is 5.91 Å². The van der Waals surface area contributed by atoms with Crippen LogP contribution in [0.2, 0.25) is 0 Å². The van der Waals surface area contributed by atoms with Crippen LogP contribution in [0.1, 0.15) is 46.8 Å². The standard InChI is InChI=1S/C23H28N4OS2/c1-16-19(30-22(24-16)23(2,3)4)21(28)27-12-10-26(11-13-27)14-18-15-29-20(25-18)17-8-6-5-7-9-17/h5-9,15H,10-14H2,1-4H3. The molecule has 1 saturated heterocycles. The molecule has 7 heteroatoms. The van der Waals surface area contributed by atoms with E-state index >= 15 is 0 Å². The van der Waals surface area contributed by atoms with E-state index in [0.29, 0.717) is 0 Å². The topological polar surface area (TPSA) is 49.3 Å². The highest BCUT2D eigenvalue weighted by Crippen LogP contribution is 2.30. The Morgan fingerprint density at radius 1 is 1.07 bits per heavy atom. The Hall–Kier alpha value is -2.09. The van der Waals surface area contributed by atoms with Crippen LogP contribution in [0.3, 0.4) is 0 Å². The van der Waals surface area contributed by atoms with Crippen molar-refractivity contribution in [3.63, 3.8) is 0 Å². The molecule has 1 fully saturated rings. The molecular formula is C23H28N4OS2. The molecule has 0 radical (unpaired) electrons. The Morgan fingerprint density at radius 2 is 1.77 bits per heavy atom. The van der Waals surface area contributed by atoms with Gasteiger partial charge in [-0.1, -0.05) is 51.1 Å². The Bertz CT molecular complexity index is 1010. The molecule has 0 atom stereocenters. The van der Waals surface area contributed by atoms with Gasteiger partial charge in [0, 0.05) is 49.1 Å². The molecule has 3 heterocycles. The SMILES string of the molecule is Cc1nc(C(C)(C)C)sc1C(=O)N1CCN(Cc2csc(-c3ccccc3)n2)CC1. The molecular weight excluding hydrogens is 412 g/mol. The summed E-state index contributed by atoms with van der Waals surface area (Å²) in [4.78, 5) is 27.7. The molecule has 0 saturated carbocycles. The molecule has 2 aromatic heterocycles. The fourth-order valence-electron chi connectivity index (χ4n) is 3.49. The van der Waals surface area contributed by atoms with Crippen molar-refractivity contribution in [2.45, 2.75) is 39.7 Å². The number of aromatic nitrogens is 2. The maximum atomic E-state index is 13.1. The normalized spacial score (nSPS) is 15.5. The van der Waals surface area contributed by atoms with Gasteiger partial charge in [0.1, 0.15) is 9.88 Å². The summed E-state index contributed by atoms with van der Waals surface area (Å²) < 4.78 is 0. The maximum Gasteiger partial charge on any atom is 0.265 e. The molecule has 0 unspecified atom stereocenters. The number of carbonyl (C=O) groups excluding carboxylic acids is 1. The third-order valence-electron chi connectivity index (χ3n) is 5.25. The van der Waals surface area contributed by atoms with E-state index < -0.39 is 0 Å². The van der Waals surface area contributed by atoms with Crippen LogP contribution in [0, 0.1) is 6.92 Å². The summed E-state index contributed by atoms with van der Waals surface area (Å²) in [5.74, 6) is 0.125. The van der Waals surface area contributed by atoms with E-state index in [-0.39, 0.29) is 11.3 Å². The van der Waals surface area contributed by atoms with Crippen LogP contribution in [0.25, 0.3) is 10.6 Å². The number of carbonyl (C=O) groups is 1. The van der Waals surface area contributed by atoms with Gasteiger partial charge in [-0.2, -0.15) is 0 Å². The highest BCUT2D eigenvalue weighted by molar-refractivity contribution is 7.14. The number of hydrogen-bond acceptors (Lipinski definition) is 6. The molecule has 1 aliphatic heterocycles. The lowest BCUT2D eigenvalue weighted by molar-refractivity contribution is 0.0631. The maximum absolute atomic E-state index is 13.1. The average molecular weight is 441 g/mol. The molecule has 1 aromatic carbocycles. The molecule has 0 bridgehead atoms. The summed E-state index contributed by atoms with van der Waals surface area (Å²) in [5.41, 5.74) is 3.09. The van der Waals surface area contributed by atoms with Gasteiger partial charge in [0.05, 0.1) is 16.4 Å². The fourth-order valence-corrected chi connectivity index (χ4v) is 5.40. The van der Waals surface area contributed by atoms with Crippen molar-refractivity contribution < 1.29 is 4.79 Å². The highest BCUT2D eigenvalue weighted by atomic mass is 32.1.